The summed E-state index contributed by atoms with van der Waals surface area (Å²) in [4.78, 5) is 10.2. The maximum absolute atomic E-state index is 10.2. The molecule has 0 saturated heterocycles. The molecule has 1 rings (SSSR count). The first-order valence-corrected chi connectivity index (χ1v) is 5.11. The van der Waals surface area contributed by atoms with Crippen LogP contribution in [0.15, 0.2) is 12.2 Å². The Bertz CT molecular complexity index is 408. The lowest BCUT2D eigenvalue weighted by Gasteiger charge is -2.02. The van der Waals surface area contributed by atoms with Crippen molar-refractivity contribution in [1.82, 2.24) is 15.1 Å². The SMILES string of the molecule is Cc1nn(C)c(C)c1CNC/C=C/C(=O)O. The molecule has 0 saturated carbocycles. The summed E-state index contributed by atoms with van der Waals surface area (Å²) in [5.74, 6) is -0.921. The third-order valence-electron chi connectivity index (χ3n) is 2.48. The second kappa shape index (κ2) is 5.46. The van der Waals surface area contributed by atoms with Crippen LogP contribution in [0.5, 0.6) is 0 Å². The summed E-state index contributed by atoms with van der Waals surface area (Å²) in [6, 6.07) is 0. The van der Waals surface area contributed by atoms with Gasteiger partial charge in [-0.05, 0) is 13.8 Å². The minimum absolute atomic E-state index is 0.542. The Kier molecular flexibility index (Phi) is 4.25. The van der Waals surface area contributed by atoms with Crippen molar-refractivity contribution >= 4 is 5.97 Å². The van der Waals surface area contributed by atoms with Crippen molar-refractivity contribution in [1.29, 1.82) is 0 Å². The Morgan fingerprint density at radius 3 is 2.75 bits per heavy atom. The second-order valence-electron chi connectivity index (χ2n) is 3.64. The lowest BCUT2D eigenvalue weighted by atomic mass is 10.2. The number of aromatic nitrogens is 2. The van der Waals surface area contributed by atoms with Crippen molar-refractivity contribution < 1.29 is 9.90 Å². The van der Waals surface area contributed by atoms with Gasteiger partial charge in [0.05, 0.1) is 5.69 Å². The Balaban J connectivity index is 2.46. The van der Waals surface area contributed by atoms with Crippen LogP contribution in [-0.4, -0.2) is 27.4 Å². The fraction of sp³-hybridized carbons (Fsp3) is 0.455. The van der Waals surface area contributed by atoms with E-state index < -0.39 is 5.97 Å². The van der Waals surface area contributed by atoms with Crippen LogP contribution in [0, 0.1) is 13.8 Å². The van der Waals surface area contributed by atoms with E-state index in [1.807, 2.05) is 25.6 Å². The summed E-state index contributed by atoms with van der Waals surface area (Å²) < 4.78 is 1.85. The van der Waals surface area contributed by atoms with Gasteiger partial charge in [-0.3, -0.25) is 4.68 Å². The molecule has 0 amide bonds. The molecule has 1 aromatic heterocycles. The third-order valence-corrected chi connectivity index (χ3v) is 2.48. The molecule has 1 aromatic rings. The molecule has 5 heteroatoms. The summed E-state index contributed by atoms with van der Waals surface area (Å²) in [5, 5.41) is 15.8. The highest BCUT2D eigenvalue weighted by atomic mass is 16.4. The van der Waals surface area contributed by atoms with E-state index in [-0.39, 0.29) is 0 Å². The zero-order chi connectivity index (χ0) is 12.1. The summed E-state index contributed by atoms with van der Waals surface area (Å²) in [5.41, 5.74) is 3.31. The molecular weight excluding hydrogens is 206 g/mol. The number of nitrogens with one attached hydrogen (secondary N) is 1. The fourth-order valence-corrected chi connectivity index (χ4v) is 1.51. The van der Waals surface area contributed by atoms with Gasteiger partial charge in [0.15, 0.2) is 0 Å². The topological polar surface area (TPSA) is 67.2 Å². The van der Waals surface area contributed by atoms with E-state index in [1.54, 1.807) is 6.08 Å². The number of hydrogen-bond acceptors (Lipinski definition) is 3. The van der Waals surface area contributed by atoms with E-state index in [0.717, 1.165) is 17.5 Å². The van der Waals surface area contributed by atoms with E-state index in [4.69, 9.17) is 5.11 Å². The Hall–Kier alpha value is -1.62. The van der Waals surface area contributed by atoms with E-state index >= 15 is 0 Å². The molecule has 0 aliphatic carbocycles. The monoisotopic (exact) mass is 223 g/mol. The van der Waals surface area contributed by atoms with Crippen LogP contribution in [0.3, 0.4) is 0 Å². The first kappa shape index (κ1) is 12.4. The standard InChI is InChI=1S/C11H17N3O2/c1-8-10(9(2)14(3)13-8)7-12-6-4-5-11(15)16/h4-5,12H,6-7H2,1-3H3,(H,15,16)/b5-4+. The number of carboxylic acids is 1. The third kappa shape index (κ3) is 3.20. The molecule has 0 atom stereocenters. The van der Waals surface area contributed by atoms with Crippen molar-refractivity contribution in [3.8, 4) is 0 Å². The molecular formula is C11H17N3O2. The number of aliphatic carboxylic acids is 1. The zero-order valence-electron chi connectivity index (χ0n) is 9.82. The highest BCUT2D eigenvalue weighted by Gasteiger charge is 2.07. The summed E-state index contributed by atoms with van der Waals surface area (Å²) in [6.07, 6.45) is 2.72. The molecule has 88 valence electrons. The molecule has 0 aliphatic heterocycles. The van der Waals surface area contributed by atoms with E-state index in [2.05, 4.69) is 10.4 Å². The smallest absolute Gasteiger partial charge is 0.328 e. The van der Waals surface area contributed by atoms with E-state index in [9.17, 15) is 4.79 Å². The van der Waals surface area contributed by atoms with Gasteiger partial charge < -0.3 is 10.4 Å². The van der Waals surface area contributed by atoms with Crippen LogP contribution in [0.2, 0.25) is 0 Å². The molecule has 2 N–H and O–H groups in total. The number of nitrogens with zero attached hydrogens (tertiary/aromatic N) is 2. The maximum atomic E-state index is 10.2. The molecule has 0 unspecified atom stereocenters. The van der Waals surface area contributed by atoms with Crippen molar-refractivity contribution in [3.63, 3.8) is 0 Å². The van der Waals surface area contributed by atoms with Crippen LogP contribution in [0.4, 0.5) is 0 Å². The Morgan fingerprint density at radius 2 is 2.25 bits per heavy atom. The van der Waals surface area contributed by atoms with Gasteiger partial charge in [0.2, 0.25) is 0 Å². The molecule has 0 spiro atoms. The van der Waals surface area contributed by atoms with Crippen molar-refractivity contribution in [2.45, 2.75) is 20.4 Å². The van der Waals surface area contributed by atoms with Gasteiger partial charge in [0.25, 0.3) is 0 Å². The molecule has 0 aliphatic rings. The van der Waals surface area contributed by atoms with Gasteiger partial charge >= 0.3 is 5.97 Å². The summed E-state index contributed by atoms with van der Waals surface area (Å²) >= 11 is 0. The number of carbonyl (C=O) groups is 1. The van der Waals surface area contributed by atoms with Crippen molar-refractivity contribution in [2.75, 3.05) is 6.54 Å². The molecule has 0 bridgehead atoms. The molecule has 0 radical (unpaired) electrons. The molecule has 16 heavy (non-hydrogen) atoms. The first-order valence-electron chi connectivity index (χ1n) is 5.11. The molecule has 0 fully saturated rings. The minimum Gasteiger partial charge on any atom is -0.478 e. The predicted octanol–water partition coefficient (Wildman–Crippen LogP) is 0.767. The lowest BCUT2D eigenvalue weighted by Crippen LogP contribution is -2.14. The normalized spacial score (nSPS) is 11.2. The van der Waals surface area contributed by atoms with Crippen LogP contribution in [-0.2, 0) is 18.4 Å². The van der Waals surface area contributed by atoms with Gasteiger partial charge in [-0.1, -0.05) is 6.08 Å². The quantitative estimate of drug-likeness (QED) is 0.571. The highest BCUT2D eigenvalue weighted by Crippen LogP contribution is 2.10. The number of aryl methyl sites for hydroxylation is 2. The van der Waals surface area contributed by atoms with Gasteiger partial charge in [-0.15, -0.1) is 0 Å². The Labute approximate surface area is 94.8 Å². The average Bonchev–Trinajstić information content (AvgIpc) is 2.43. The molecule has 0 aromatic carbocycles. The largest absolute Gasteiger partial charge is 0.478 e. The van der Waals surface area contributed by atoms with E-state index in [1.165, 1.54) is 5.56 Å². The summed E-state index contributed by atoms with van der Waals surface area (Å²) in [7, 11) is 1.91. The van der Waals surface area contributed by atoms with E-state index in [0.29, 0.717) is 13.1 Å². The highest BCUT2D eigenvalue weighted by molar-refractivity contribution is 5.79. The van der Waals surface area contributed by atoms with Gasteiger partial charge in [-0.2, -0.15) is 5.10 Å². The molecule has 1 heterocycles. The second-order valence-corrected chi connectivity index (χ2v) is 3.64. The van der Waals surface area contributed by atoms with Crippen molar-refractivity contribution in [3.05, 3.63) is 29.1 Å². The fourth-order valence-electron chi connectivity index (χ4n) is 1.51. The predicted molar refractivity (Wildman–Crippen MR) is 61.2 cm³/mol. The number of hydrogen-bond donors (Lipinski definition) is 2. The van der Waals surface area contributed by atoms with Gasteiger partial charge in [0, 0.05) is 37.5 Å². The van der Waals surface area contributed by atoms with Gasteiger partial charge in [-0.25, -0.2) is 4.79 Å². The van der Waals surface area contributed by atoms with Crippen LogP contribution in [0.1, 0.15) is 17.0 Å². The molecule has 5 nitrogen and oxygen atoms in total. The zero-order valence-corrected chi connectivity index (χ0v) is 9.82. The lowest BCUT2D eigenvalue weighted by molar-refractivity contribution is -0.131. The van der Waals surface area contributed by atoms with Gasteiger partial charge in [0.1, 0.15) is 0 Å². The number of carboxylic acid groups (broad SMARTS) is 1. The van der Waals surface area contributed by atoms with Crippen LogP contribution < -0.4 is 5.32 Å². The minimum atomic E-state index is -0.921. The number of rotatable bonds is 5. The van der Waals surface area contributed by atoms with Crippen molar-refractivity contribution in [2.24, 2.45) is 7.05 Å². The first-order chi connectivity index (χ1) is 7.52. The van der Waals surface area contributed by atoms with Crippen LogP contribution >= 0.6 is 0 Å². The average molecular weight is 223 g/mol. The Morgan fingerprint density at radius 1 is 1.56 bits per heavy atom. The maximum Gasteiger partial charge on any atom is 0.328 e. The summed E-state index contributed by atoms with van der Waals surface area (Å²) in [6.45, 7) is 5.23. The van der Waals surface area contributed by atoms with Crippen LogP contribution in [0.25, 0.3) is 0 Å².